The molecule has 0 bridgehead atoms. The van der Waals surface area contributed by atoms with Gasteiger partial charge in [0.2, 0.25) is 0 Å². The molecule has 4 nitrogen and oxygen atoms in total. The van der Waals surface area contributed by atoms with Crippen LogP contribution in [0.25, 0.3) is 0 Å². The van der Waals surface area contributed by atoms with Crippen LogP contribution in [0.15, 0.2) is 48.5 Å². The number of carbonyl (C=O) groups is 1. The summed E-state index contributed by atoms with van der Waals surface area (Å²) in [6.07, 6.45) is -4.35. The number of ether oxygens (including phenoxy) is 3. The van der Waals surface area contributed by atoms with Crippen molar-refractivity contribution >= 4 is 5.97 Å². The predicted molar refractivity (Wildman–Crippen MR) is 79.7 cm³/mol. The van der Waals surface area contributed by atoms with Gasteiger partial charge < -0.3 is 14.2 Å². The van der Waals surface area contributed by atoms with Gasteiger partial charge in [-0.1, -0.05) is 12.1 Å². The summed E-state index contributed by atoms with van der Waals surface area (Å²) in [7, 11) is 1.27. The van der Waals surface area contributed by atoms with Gasteiger partial charge in [-0.05, 0) is 42.0 Å². The van der Waals surface area contributed by atoms with Crippen LogP contribution >= 0.6 is 0 Å². The molecule has 0 unspecified atom stereocenters. The minimum atomic E-state index is -4.35. The average Bonchev–Trinajstić information content (AvgIpc) is 2.58. The molecule has 0 atom stereocenters. The number of hydrogen-bond acceptors (Lipinski definition) is 4. The molecular weight excluding hydrogens is 325 g/mol. The maximum absolute atomic E-state index is 12.5. The second-order valence-corrected chi connectivity index (χ2v) is 4.82. The Morgan fingerprint density at radius 1 is 0.917 bits per heavy atom. The van der Waals surface area contributed by atoms with Gasteiger partial charge in [-0.2, -0.15) is 13.2 Å². The molecule has 0 aliphatic rings. The number of esters is 1. The number of hydrogen-bond donors (Lipinski definition) is 0. The van der Waals surface area contributed by atoms with Crippen molar-refractivity contribution in [2.24, 2.45) is 0 Å². The maximum Gasteiger partial charge on any atom is 0.416 e. The molecule has 24 heavy (non-hydrogen) atoms. The molecule has 0 spiro atoms. The molecule has 0 heterocycles. The molecule has 0 aromatic heterocycles. The minimum absolute atomic E-state index is 0.139. The first-order valence-electron chi connectivity index (χ1n) is 6.97. The van der Waals surface area contributed by atoms with E-state index in [1.807, 2.05) is 0 Å². The number of rotatable bonds is 6. The van der Waals surface area contributed by atoms with Crippen LogP contribution in [0.2, 0.25) is 0 Å². The molecule has 7 heteroatoms. The first kappa shape index (κ1) is 17.7. The highest BCUT2D eigenvalue weighted by molar-refractivity contribution is 5.70. The molecule has 0 aliphatic heterocycles. The van der Waals surface area contributed by atoms with E-state index >= 15 is 0 Å². The zero-order valence-electron chi connectivity index (χ0n) is 12.8. The summed E-state index contributed by atoms with van der Waals surface area (Å²) in [6, 6.07) is 11.3. The Balaban J connectivity index is 1.87. The molecule has 2 rings (SSSR count). The first-order valence-corrected chi connectivity index (χ1v) is 6.97. The van der Waals surface area contributed by atoms with Crippen molar-refractivity contribution in [3.8, 4) is 11.5 Å². The van der Waals surface area contributed by atoms with E-state index in [9.17, 15) is 18.0 Å². The fourth-order valence-corrected chi connectivity index (χ4v) is 1.79. The SMILES string of the molecule is COC(=O)COc1ccc(OCc2ccc(C(F)(F)F)cc2)cc1. The van der Waals surface area contributed by atoms with E-state index in [0.717, 1.165) is 12.1 Å². The molecular formula is C17H15F3O4. The molecule has 2 aromatic carbocycles. The molecule has 0 aliphatic carbocycles. The number of benzene rings is 2. The largest absolute Gasteiger partial charge is 0.489 e. The quantitative estimate of drug-likeness (QED) is 0.750. The van der Waals surface area contributed by atoms with Crippen LogP contribution < -0.4 is 9.47 Å². The van der Waals surface area contributed by atoms with Gasteiger partial charge in [0.15, 0.2) is 6.61 Å². The third kappa shape index (κ3) is 5.19. The van der Waals surface area contributed by atoms with E-state index in [4.69, 9.17) is 9.47 Å². The summed E-state index contributed by atoms with van der Waals surface area (Å²) in [5.41, 5.74) is -0.0765. The van der Waals surface area contributed by atoms with Gasteiger partial charge >= 0.3 is 12.1 Å². The lowest BCUT2D eigenvalue weighted by Crippen LogP contribution is -2.12. The van der Waals surface area contributed by atoms with E-state index in [1.165, 1.54) is 19.2 Å². The van der Waals surface area contributed by atoms with Gasteiger partial charge in [0.25, 0.3) is 0 Å². The summed E-state index contributed by atoms with van der Waals surface area (Å²) < 4.78 is 52.5. The van der Waals surface area contributed by atoms with Gasteiger partial charge in [0, 0.05) is 0 Å². The Morgan fingerprint density at radius 3 is 1.96 bits per heavy atom. The second-order valence-electron chi connectivity index (χ2n) is 4.82. The van der Waals surface area contributed by atoms with Crippen molar-refractivity contribution in [1.29, 1.82) is 0 Å². The van der Waals surface area contributed by atoms with Crippen molar-refractivity contribution in [3.63, 3.8) is 0 Å². The fourth-order valence-electron chi connectivity index (χ4n) is 1.79. The highest BCUT2D eigenvalue weighted by atomic mass is 19.4. The van der Waals surface area contributed by atoms with Crippen LogP contribution in [-0.2, 0) is 22.3 Å². The topological polar surface area (TPSA) is 44.8 Å². The Morgan fingerprint density at radius 2 is 1.46 bits per heavy atom. The zero-order chi connectivity index (χ0) is 17.6. The standard InChI is InChI=1S/C17H15F3O4/c1-22-16(21)11-24-15-8-6-14(7-9-15)23-10-12-2-4-13(5-3-12)17(18,19)20/h2-9H,10-11H2,1H3. The van der Waals surface area contributed by atoms with Gasteiger partial charge in [-0.15, -0.1) is 0 Å². The smallest absolute Gasteiger partial charge is 0.416 e. The predicted octanol–water partition coefficient (Wildman–Crippen LogP) is 3.84. The van der Waals surface area contributed by atoms with Crippen LogP contribution in [0.1, 0.15) is 11.1 Å². The van der Waals surface area contributed by atoms with Crippen molar-refractivity contribution in [1.82, 2.24) is 0 Å². The maximum atomic E-state index is 12.5. The molecule has 0 N–H and O–H groups in total. The highest BCUT2D eigenvalue weighted by Crippen LogP contribution is 2.29. The average molecular weight is 340 g/mol. The first-order chi connectivity index (χ1) is 11.4. The van der Waals surface area contributed by atoms with Crippen LogP contribution in [0.4, 0.5) is 13.2 Å². The zero-order valence-corrected chi connectivity index (χ0v) is 12.8. The van der Waals surface area contributed by atoms with Gasteiger partial charge in [0.05, 0.1) is 12.7 Å². The summed E-state index contributed by atoms with van der Waals surface area (Å²) in [6.45, 7) is -0.0528. The van der Waals surface area contributed by atoms with Crippen molar-refractivity contribution in [3.05, 3.63) is 59.7 Å². The lowest BCUT2D eigenvalue weighted by atomic mass is 10.1. The summed E-state index contributed by atoms with van der Waals surface area (Å²) in [5.74, 6) is 0.514. The third-order valence-electron chi connectivity index (χ3n) is 3.09. The Hall–Kier alpha value is -2.70. The highest BCUT2D eigenvalue weighted by Gasteiger charge is 2.29. The Labute approximate surface area is 136 Å². The van der Waals surface area contributed by atoms with Gasteiger partial charge in [-0.3, -0.25) is 0 Å². The molecule has 0 fully saturated rings. The lowest BCUT2D eigenvalue weighted by Gasteiger charge is -2.10. The summed E-state index contributed by atoms with van der Waals surface area (Å²) >= 11 is 0. The minimum Gasteiger partial charge on any atom is -0.489 e. The Bertz CT molecular complexity index is 664. The Kier molecular flexibility index (Phi) is 5.68. The van der Waals surface area contributed by atoms with E-state index in [2.05, 4.69) is 4.74 Å². The number of alkyl halides is 3. The molecule has 0 radical (unpaired) electrons. The molecule has 2 aromatic rings. The molecule has 0 saturated carbocycles. The number of carbonyl (C=O) groups excluding carboxylic acids is 1. The monoisotopic (exact) mass is 340 g/mol. The van der Waals surface area contributed by atoms with Crippen LogP contribution in [-0.4, -0.2) is 19.7 Å². The van der Waals surface area contributed by atoms with Crippen LogP contribution in [0.5, 0.6) is 11.5 Å². The summed E-state index contributed by atoms with van der Waals surface area (Å²) in [5, 5.41) is 0. The van der Waals surface area contributed by atoms with Crippen molar-refractivity contribution < 1.29 is 32.2 Å². The molecule has 0 saturated heterocycles. The molecule has 0 amide bonds. The summed E-state index contributed by atoms with van der Waals surface area (Å²) in [4.78, 5) is 11.0. The normalized spacial score (nSPS) is 11.0. The van der Waals surface area contributed by atoms with E-state index < -0.39 is 17.7 Å². The van der Waals surface area contributed by atoms with Crippen LogP contribution in [0.3, 0.4) is 0 Å². The van der Waals surface area contributed by atoms with Gasteiger partial charge in [0.1, 0.15) is 18.1 Å². The van der Waals surface area contributed by atoms with Crippen molar-refractivity contribution in [2.45, 2.75) is 12.8 Å². The van der Waals surface area contributed by atoms with E-state index in [0.29, 0.717) is 17.1 Å². The van der Waals surface area contributed by atoms with E-state index in [-0.39, 0.29) is 13.2 Å². The number of methoxy groups -OCH3 is 1. The van der Waals surface area contributed by atoms with E-state index in [1.54, 1.807) is 24.3 Å². The van der Waals surface area contributed by atoms with Gasteiger partial charge in [-0.25, -0.2) is 4.79 Å². The third-order valence-corrected chi connectivity index (χ3v) is 3.09. The second kappa shape index (κ2) is 7.72. The lowest BCUT2D eigenvalue weighted by molar-refractivity contribution is -0.143. The molecule has 128 valence electrons. The fraction of sp³-hybridized carbons (Fsp3) is 0.235. The number of halogens is 3. The van der Waals surface area contributed by atoms with Crippen LogP contribution in [0, 0.1) is 0 Å². The van der Waals surface area contributed by atoms with Crippen molar-refractivity contribution in [2.75, 3.05) is 13.7 Å².